The van der Waals surface area contributed by atoms with Crippen LogP contribution in [0.25, 0.3) is 16.8 Å². The Hall–Kier alpha value is -2.71. The number of aromatic nitrogens is 4. The standard InChI is InChI=1S/C21H26N6O2/c1-25-20(17(13-22-25)14-29-26-8-3-2-4-9-26)16-7-10-27-18(11-16)12-19(24-27)23-21(28)15-5-6-15/h7,10-13,15H,2-6,8-9,14H2,1H3,(H,23,24,28). The van der Waals surface area contributed by atoms with Crippen molar-refractivity contribution in [2.75, 3.05) is 18.4 Å². The smallest absolute Gasteiger partial charge is 0.228 e. The molecule has 0 atom stereocenters. The molecule has 152 valence electrons. The van der Waals surface area contributed by atoms with E-state index >= 15 is 0 Å². The Balaban J connectivity index is 1.36. The molecule has 1 saturated heterocycles. The van der Waals surface area contributed by atoms with Gasteiger partial charge in [-0.3, -0.25) is 14.3 Å². The largest absolute Gasteiger partial charge is 0.309 e. The molecule has 1 amide bonds. The van der Waals surface area contributed by atoms with Crippen molar-refractivity contribution in [2.24, 2.45) is 13.0 Å². The van der Waals surface area contributed by atoms with E-state index in [1.165, 1.54) is 19.3 Å². The summed E-state index contributed by atoms with van der Waals surface area (Å²) in [4.78, 5) is 18.0. The van der Waals surface area contributed by atoms with Gasteiger partial charge in [0.2, 0.25) is 5.91 Å². The van der Waals surface area contributed by atoms with E-state index in [1.807, 2.05) is 36.3 Å². The molecule has 0 radical (unpaired) electrons. The second kappa shape index (κ2) is 7.61. The number of piperidine rings is 1. The van der Waals surface area contributed by atoms with Crippen LogP contribution in [0.2, 0.25) is 0 Å². The summed E-state index contributed by atoms with van der Waals surface area (Å²) in [6.45, 7) is 2.50. The molecule has 1 aliphatic heterocycles. The molecule has 0 unspecified atom stereocenters. The molecule has 4 heterocycles. The van der Waals surface area contributed by atoms with Gasteiger partial charge in [-0.2, -0.15) is 15.3 Å². The lowest BCUT2D eigenvalue weighted by Crippen LogP contribution is -2.29. The summed E-state index contributed by atoms with van der Waals surface area (Å²) in [6, 6.07) is 6.00. The molecule has 0 bridgehead atoms. The predicted octanol–water partition coefficient (Wildman–Crippen LogP) is 3.00. The fraction of sp³-hybridized carbons (Fsp3) is 0.476. The van der Waals surface area contributed by atoms with Crippen LogP contribution >= 0.6 is 0 Å². The Morgan fingerprint density at radius 2 is 2.07 bits per heavy atom. The summed E-state index contributed by atoms with van der Waals surface area (Å²) in [5.74, 6) is 0.822. The van der Waals surface area contributed by atoms with Crippen LogP contribution in [-0.4, -0.2) is 43.5 Å². The van der Waals surface area contributed by atoms with Gasteiger partial charge in [0.1, 0.15) is 0 Å². The Bertz CT molecular complexity index is 1030. The fourth-order valence-corrected chi connectivity index (χ4v) is 3.89. The van der Waals surface area contributed by atoms with Gasteiger partial charge in [-0.15, -0.1) is 0 Å². The minimum Gasteiger partial charge on any atom is -0.309 e. The Morgan fingerprint density at radius 1 is 1.24 bits per heavy atom. The van der Waals surface area contributed by atoms with Gasteiger partial charge >= 0.3 is 0 Å². The van der Waals surface area contributed by atoms with Crippen molar-refractivity contribution < 1.29 is 9.63 Å². The molecule has 8 nitrogen and oxygen atoms in total. The molecular formula is C21H26N6O2. The second-order valence-corrected chi connectivity index (χ2v) is 7.98. The normalized spacial score (nSPS) is 17.7. The molecule has 5 rings (SSSR count). The highest BCUT2D eigenvalue weighted by Gasteiger charge is 2.30. The number of hydrogen-bond donors (Lipinski definition) is 1. The third kappa shape index (κ3) is 3.90. The highest BCUT2D eigenvalue weighted by molar-refractivity contribution is 5.93. The van der Waals surface area contributed by atoms with Crippen molar-refractivity contribution in [2.45, 2.75) is 38.7 Å². The van der Waals surface area contributed by atoms with Crippen LogP contribution in [0.3, 0.4) is 0 Å². The van der Waals surface area contributed by atoms with E-state index in [1.54, 1.807) is 4.52 Å². The Labute approximate surface area is 169 Å². The number of anilines is 1. The van der Waals surface area contributed by atoms with Crippen LogP contribution < -0.4 is 5.32 Å². The summed E-state index contributed by atoms with van der Waals surface area (Å²) in [5, 5.41) is 13.9. The molecular weight excluding hydrogens is 368 g/mol. The van der Waals surface area contributed by atoms with Crippen molar-refractivity contribution >= 4 is 17.2 Å². The first kappa shape index (κ1) is 18.3. The quantitative estimate of drug-likeness (QED) is 0.696. The number of rotatable bonds is 6. The summed E-state index contributed by atoms with van der Waals surface area (Å²) in [6.07, 6.45) is 9.42. The SMILES string of the molecule is Cn1ncc(CON2CCCCC2)c1-c1ccn2nc(NC(=O)C3CC3)cc2c1. The number of carbonyl (C=O) groups excluding carboxylic acids is 1. The maximum atomic E-state index is 12.0. The number of hydrogen-bond acceptors (Lipinski definition) is 5. The van der Waals surface area contributed by atoms with Crippen LogP contribution in [-0.2, 0) is 23.3 Å². The molecule has 2 aliphatic rings. The number of nitrogens with zero attached hydrogens (tertiary/aromatic N) is 5. The number of amides is 1. The van der Waals surface area contributed by atoms with Crippen molar-refractivity contribution in [1.29, 1.82) is 0 Å². The van der Waals surface area contributed by atoms with Gasteiger partial charge in [-0.25, -0.2) is 4.52 Å². The van der Waals surface area contributed by atoms with Crippen LogP contribution in [0.4, 0.5) is 5.82 Å². The number of carbonyl (C=O) groups is 1. The zero-order valence-electron chi connectivity index (χ0n) is 16.7. The first-order chi connectivity index (χ1) is 14.2. The minimum absolute atomic E-state index is 0.0670. The number of nitrogens with one attached hydrogen (secondary N) is 1. The molecule has 2 fully saturated rings. The first-order valence-corrected chi connectivity index (χ1v) is 10.4. The molecule has 1 N–H and O–H groups in total. The van der Waals surface area contributed by atoms with Gasteiger partial charge < -0.3 is 5.32 Å². The van der Waals surface area contributed by atoms with E-state index < -0.39 is 0 Å². The van der Waals surface area contributed by atoms with Gasteiger partial charge in [-0.1, -0.05) is 6.42 Å². The van der Waals surface area contributed by atoms with Crippen molar-refractivity contribution in [3.05, 3.63) is 36.2 Å². The molecule has 1 aliphatic carbocycles. The third-order valence-electron chi connectivity index (χ3n) is 5.67. The lowest BCUT2D eigenvalue weighted by molar-refractivity contribution is -0.178. The molecule has 8 heteroatoms. The van der Waals surface area contributed by atoms with Crippen LogP contribution in [0.5, 0.6) is 0 Å². The van der Waals surface area contributed by atoms with Gasteiger partial charge in [0, 0.05) is 49.4 Å². The van der Waals surface area contributed by atoms with Gasteiger partial charge in [0.05, 0.1) is 24.0 Å². The minimum atomic E-state index is 0.0670. The highest BCUT2D eigenvalue weighted by atomic mass is 16.7. The van der Waals surface area contributed by atoms with E-state index in [0.717, 1.165) is 48.3 Å². The second-order valence-electron chi connectivity index (χ2n) is 7.98. The molecule has 0 spiro atoms. The summed E-state index contributed by atoms with van der Waals surface area (Å²) < 4.78 is 3.67. The molecule has 3 aromatic heterocycles. The average molecular weight is 394 g/mol. The van der Waals surface area contributed by atoms with E-state index in [9.17, 15) is 4.79 Å². The number of hydroxylamine groups is 2. The predicted molar refractivity (Wildman–Crippen MR) is 109 cm³/mol. The number of fused-ring (bicyclic) bond motifs is 1. The Morgan fingerprint density at radius 3 is 2.86 bits per heavy atom. The van der Waals surface area contributed by atoms with Crippen molar-refractivity contribution in [3.8, 4) is 11.3 Å². The Kier molecular flexibility index (Phi) is 4.81. The van der Waals surface area contributed by atoms with Gasteiger partial charge in [-0.05, 0) is 37.8 Å². The number of aryl methyl sites for hydroxylation is 1. The topological polar surface area (TPSA) is 76.7 Å². The fourth-order valence-electron chi connectivity index (χ4n) is 3.89. The van der Waals surface area contributed by atoms with E-state index in [4.69, 9.17) is 4.84 Å². The zero-order valence-corrected chi connectivity index (χ0v) is 16.7. The zero-order chi connectivity index (χ0) is 19.8. The van der Waals surface area contributed by atoms with E-state index in [2.05, 4.69) is 26.6 Å². The monoisotopic (exact) mass is 394 g/mol. The van der Waals surface area contributed by atoms with E-state index in [-0.39, 0.29) is 11.8 Å². The van der Waals surface area contributed by atoms with Crippen LogP contribution in [0.15, 0.2) is 30.6 Å². The van der Waals surface area contributed by atoms with Gasteiger partial charge in [0.25, 0.3) is 0 Å². The maximum Gasteiger partial charge on any atom is 0.228 e. The molecule has 0 aromatic carbocycles. The van der Waals surface area contributed by atoms with Crippen LogP contribution in [0.1, 0.15) is 37.7 Å². The molecule has 3 aromatic rings. The maximum absolute atomic E-state index is 12.0. The summed E-state index contributed by atoms with van der Waals surface area (Å²) in [5.41, 5.74) is 4.07. The summed E-state index contributed by atoms with van der Waals surface area (Å²) in [7, 11) is 1.95. The lowest BCUT2D eigenvalue weighted by atomic mass is 10.1. The third-order valence-corrected chi connectivity index (χ3v) is 5.67. The van der Waals surface area contributed by atoms with Crippen molar-refractivity contribution in [3.63, 3.8) is 0 Å². The molecule has 29 heavy (non-hydrogen) atoms. The van der Waals surface area contributed by atoms with Crippen LogP contribution in [0, 0.1) is 5.92 Å². The summed E-state index contributed by atoms with van der Waals surface area (Å²) >= 11 is 0. The lowest BCUT2D eigenvalue weighted by Gasteiger charge is -2.25. The first-order valence-electron chi connectivity index (χ1n) is 10.4. The average Bonchev–Trinajstić information content (AvgIpc) is 3.42. The van der Waals surface area contributed by atoms with E-state index in [0.29, 0.717) is 12.4 Å². The van der Waals surface area contributed by atoms with Crippen molar-refractivity contribution in [1.82, 2.24) is 24.5 Å². The van der Waals surface area contributed by atoms with Gasteiger partial charge in [0.15, 0.2) is 5.82 Å². The number of pyridine rings is 1. The molecule has 1 saturated carbocycles. The highest BCUT2D eigenvalue weighted by Crippen LogP contribution is 2.30.